The van der Waals surface area contributed by atoms with E-state index in [-0.39, 0.29) is 5.91 Å². The van der Waals surface area contributed by atoms with Gasteiger partial charge in [0.05, 0.1) is 19.8 Å². The predicted octanol–water partition coefficient (Wildman–Crippen LogP) is 1.82. The highest BCUT2D eigenvalue weighted by molar-refractivity contribution is 7.80. The molecule has 0 aliphatic carbocycles. The summed E-state index contributed by atoms with van der Waals surface area (Å²) >= 11 is 5.26. The average molecular weight is 308 g/mol. The molecule has 0 atom stereocenters. The second-order valence-electron chi connectivity index (χ2n) is 4.73. The van der Waals surface area contributed by atoms with Crippen LogP contribution in [0, 0.1) is 0 Å². The zero-order valence-corrected chi connectivity index (χ0v) is 12.9. The molecule has 1 aromatic carbocycles. The van der Waals surface area contributed by atoms with E-state index in [0.717, 1.165) is 6.42 Å². The minimum Gasteiger partial charge on any atom is -0.494 e. The molecule has 0 unspecified atom stereocenters. The molecule has 1 saturated heterocycles. The van der Waals surface area contributed by atoms with Gasteiger partial charge in [-0.3, -0.25) is 10.1 Å². The van der Waals surface area contributed by atoms with E-state index in [1.807, 2.05) is 17.9 Å². The van der Waals surface area contributed by atoms with Gasteiger partial charge in [0.15, 0.2) is 5.11 Å². The predicted molar refractivity (Wildman–Crippen MR) is 84.7 cm³/mol. The molecule has 0 saturated carbocycles. The molecule has 1 amide bonds. The zero-order valence-electron chi connectivity index (χ0n) is 12.1. The first-order chi connectivity index (χ1) is 10.2. The van der Waals surface area contributed by atoms with Crippen LogP contribution < -0.4 is 10.1 Å². The summed E-state index contributed by atoms with van der Waals surface area (Å²) in [5.74, 6) is 0.482. The smallest absolute Gasteiger partial charge is 0.257 e. The fourth-order valence-electron chi connectivity index (χ4n) is 1.96. The lowest BCUT2D eigenvalue weighted by Gasteiger charge is -2.28. The highest BCUT2D eigenvalue weighted by Crippen LogP contribution is 2.13. The van der Waals surface area contributed by atoms with Gasteiger partial charge in [-0.25, -0.2) is 0 Å². The van der Waals surface area contributed by atoms with E-state index in [9.17, 15) is 4.79 Å². The number of nitrogens with zero attached hydrogens (tertiary/aromatic N) is 1. The van der Waals surface area contributed by atoms with Crippen molar-refractivity contribution < 1.29 is 14.3 Å². The monoisotopic (exact) mass is 308 g/mol. The SMILES string of the molecule is CCCOc1cccc(C(=O)NC(=S)N2CCOCC2)c1. The molecule has 0 aromatic heterocycles. The largest absolute Gasteiger partial charge is 0.494 e. The van der Waals surface area contributed by atoms with Crippen molar-refractivity contribution in [2.24, 2.45) is 0 Å². The molecule has 114 valence electrons. The number of hydrogen-bond acceptors (Lipinski definition) is 4. The summed E-state index contributed by atoms with van der Waals surface area (Å²) in [5.41, 5.74) is 0.541. The number of hydrogen-bond donors (Lipinski definition) is 1. The van der Waals surface area contributed by atoms with Crippen molar-refractivity contribution in [1.82, 2.24) is 10.2 Å². The molecule has 2 rings (SSSR count). The van der Waals surface area contributed by atoms with E-state index in [4.69, 9.17) is 21.7 Å². The summed E-state index contributed by atoms with van der Waals surface area (Å²) in [6.07, 6.45) is 0.928. The van der Waals surface area contributed by atoms with Crippen LogP contribution in [0.3, 0.4) is 0 Å². The minimum absolute atomic E-state index is 0.214. The number of carbonyl (C=O) groups excluding carboxylic acids is 1. The Morgan fingerprint density at radius 3 is 2.90 bits per heavy atom. The summed E-state index contributed by atoms with van der Waals surface area (Å²) in [6.45, 7) is 5.36. The second-order valence-corrected chi connectivity index (χ2v) is 5.12. The number of carbonyl (C=O) groups is 1. The van der Waals surface area contributed by atoms with Gasteiger partial charge < -0.3 is 14.4 Å². The Kier molecular flexibility index (Phi) is 5.95. The maximum atomic E-state index is 12.2. The molecule has 1 N–H and O–H groups in total. The quantitative estimate of drug-likeness (QED) is 0.860. The highest BCUT2D eigenvalue weighted by Gasteiger charge is 2.16. The average Bonchev–Trinajstić information content (AvgIpc) is 2.54. The molecule has 6 heteroatoms. The van der Waals surface area contributed by atoms with Crippen molar-refractivity contribution in [3.8, 4) is 5.75 Å². The zero-order chi connectivity index (χ0) is 15.1. The summed E-state index contributed by atoms with van der Waals surface area (Å²) in [5, 5.41) is 3.20. The van der Waals surface area contributed by atoms with Crippen LogP contribution in [0.4, 0.5) is 0 Å². The van der Waals surface area contributed by atoms with Crippen LogP contribution >= 0.6 is 12.2 Å². The third-order valence-corrected chi connectivity index (χ3v) is 3.45. The Morgan fingerprint density at radius 2 is 2.19 bits per heavy atom. The summed E-state index contributed by atoms with van der Waals surface area (Å²) in [7, 11) is 0. The summed E-state index contributed by atoms with van der Waals surface area (Å²) in [4.78, 5) is 14.2. The fourth-order valence-corrected chi connectivity index (χ4v) is 2.24. The topological polar surface area (TPSA) is 50.8 Å². The third kappa shape index (κ3) is 4.68. The number of benzene rings is 1. The standard InChI is InChI=1S/C15H20N2O3S/c1-2-8-20-13-5-3-4-12(11-13)14(18)16-15(21)17-6-9-19-10-7-17/h3-5,11H,2,6-10H2,1H3,(H,16,18,21). The number of morpholine rings is 1. The van der Waals surface area contributed by atoms with Crippen LogP contribution in [0.15, 0.2) is 24.3 Å². The van der Waals surface area contributed by atoms with Crippen molar-refractivity contribution in [3.63, 3.8) is 0 Å². The van der Waals surface area contributed by atoms with Crippen molar-refractivity contribution in [1.29, 1.82) is 0 Å². The number of ether oxygens (including phenoxy) is 2. The van der Waals surface area contributed by atoms with Crippen LogP contribution in [0.25, 0.3) is 0 Å². The molecule has 0 spiro atoms. The van der Waals surface area contributed by atoms with Crippen molar-refractivity contribution in [2.45, 2.75) is 13.3 Å². The van der Waals surface area contributed by atoms with Crippen molar-refractivity contribution >= 4 is 23.2 Å². The van der Waals surface area contributed by atoms with Crippen molar-refractivity contribution in [3.05, 3.63) is 29.8 Å². The van der Waals surface area contributed by atoms with E-state index >= 15 is 0 Å². The molecular formula is C15H20N2O3S. The molecule has 21 heavy (non-hydrogen) atoms. The Hall–Kier alpha value is -1.66. The molecule has 1 aliphatic rings. The number of thiocarbonyl (C=S) groups is 1. The van der Waals surface area contributed by atoms with Crippen LogP contribution in [0.2, 0.25) is 0 Å². The van der Waals surface area contributed by atoms with Crippen LogP contribution in [-0.2, 0) is 4.74 Å². The number of amides is 1. The Balaban J connectivity index is 1.94. The lowest BCUT2D eigenvalue weighted by atomic mass is 10.2. The van der Waals surface area contributed by atoms with Crippen LogP contribution in [0.5, 0.6) is 5.75 Å². The molecule has 0 radical (unpaired) electrons. The highest BCUT2D eigenvalue weighted by atomic mass is 32.1. The molecule has 1 aliphatic heterocycles. The van der Waals surface area contributed by atoms with Gasteiger partial charge in [0.2, 0.25) is 0 Å². The van der Waals surface area contributed by atoms with Gasteiger partial charge in [-0.2, -0.15) is 0 Å². The van der Waals surface area contributed by atoms with E-state index in [1.165, 1.54) is 0 Å². The van der Waals surface area contributed by atoms with Gasteiger partial charge in [0.25, 0.3) is 5.91 Å². The number of rotatable bonds is 4. The van der Waals surface area contributed by atoms with E-state index in [0.29, 0.717) is 49.3 Å². The van der Waals surface area contributed by atoms with E-state index < -0.39 is 0 Å². The lowest BCUT2D eigenvalue weighted by Crippen LogP contribution is -2.47. The first-order valence-corrected chi connectivity index (χ1v) is 7.52. The van der Waals surface area contributed by atoms with Crippen LogP contribution in [0.1, 0.15) is 23.7 Å². The molecular weight excluding hydrogens is 288 g/mol. The van der Waals surface area contributed by atoms with Crippen LogP contribution in [-0.4, -0.2) is 48.8 Å². The minimum atomic E-state index is -0.214. The Labute approximate surface area is 130 Å². The van der Waals surface area contributed by atoms with Crippen molar-refractivity contribution in [2.75, 3.05) is 32.9 Å². The normalized spacial score (nSPS) is 14.6. The first kappa shape index (κ1) is 15.7. The molecule has 1 aromatic rings. The third-order valence-electron chi connectivity index (χ3n) is 3.09. The lowest BCUT2D eigenvalue weighted by molar-refractivity contribution is 0.0669. The maximum Gasteiger partial charge on any atom is 0.257 e. The maximum absolute atomic E-state index is 12.2. The van der Waals surface area contributed by atoms with Gasteiger partial charge in [-0.1, -0.05) is 13.0 Å². The van der Waals surface area contributed by atoms with Gasteiger partial charge in [-0.05, 0) is 36.8 Å². The first-order valence-electron chi connectivity index (χ1n) is 7.11. The van der Waals surface area contributed by atoms with Gasteiger partial charge in [0, 0.05) is 18.7 Å². The molecule has 0 bridgehead atoms. The summed E-state index contributed by atoms with van der Waals surface area (Å²) in [6, 6.07) is 7.12. The van der Waals surface area contributed by atoms with E-state index in [1.54, 1.807) is 18.2 Å². The molecule has 5 nitrogen and oxygen atoms in total. The molecule has 1 fully saturated rings. The summed E-state index contributed by atoms with van der Waals surface area (Å²) < 4.78 is 10.8. The Morgan fingerprint density at radius 1 is 1.43 bits per heavy atom. The van der Waals surface area contributed by atoms with Gasteiger partial charge in [0.1, 0.15) is 5.75 Å². The fraction of sp³-hybridized carbons (Fsp3) is 0.467. The second kappa shape index (κ2) is 7.95. The van der Waals surface area contributed by atoms with Gasteiger partial charge in [-0.15, -0.1) is 0 Å². The van der Waals surface area contributed by atoms with E-state index in [2.05, 4.69) is 5.32 Å². The van der Waals surface area contributed by atoms with Gasteiger partial charge >= 0.3 is 0 Å². The number of nitrogens with one attached hydrogen (secondary N) is 1. The molecule has 1 heterocycles. The Bertz CT molecular complexity index is 501.